The zero-order valence-electron chi connectivity index (χ0n) is 53.3. The maximum absolute atomic E-state index is 12.5. The monoisotopic (exact) mass is 1280 g/mol. The second-order valence-corrected chi connectivity index (χ2v) is 24.6. The molecule has 2 amide bonds. The lowest BCUT2D eigenvalue weighted by atomic mass is 9.90. The number of aryl methyl sites for hydroxylation is 2. The minimum absolute atomic E-state index is 0.0551. The van der Waals surface area contributed by atoms with Crippen molar-refractivity contribution in [2.24, 2.45) is 20.4 Å². The largest absolute Gasteiger partial charge is 0.507 e. The Morgan fingerprint density at radius 2 is 0.670 bits per heavy atom. The lowest BCUT2D eigenvalue weighted by Gasteiger charge is -2.25. The van der Waals surface area contributed by atoms with E-state index in [0.717, 1.165) is 190 Å². The zero-order chi connectivity index (χ0) is 66.2. The Morgan fingerprint density at radius 3 is 0.989 bits per heavy atom. The highest BCUT2D eigenvalue weighted by atomic mass is 16.4. The van der Waals surface area contributed by atoms with Gasteiger partial charge in [0.1, 0.15) is 23.0 Å². The van der Waals surface area contributed by atoms with Crippen molar-refractivity contribution in [3.05, 3.63) is 157 Å². The normalized spacial score (nSPS) is 16.7. The molecule has 8 heterocycles. The number of rotatable bonds is 8. The Kier molecular flexibility index (Phi) is 20.5. The van der Waals surface area contributed by atoms with E-state index >= 15 is 0 Å². The minimum Gasteiger partial charge on any atom is -0.507 e. The number of phenolic OH excluding ortho intramolecular Hbond substituents is 4. The summed E-state index contributed by atoms with van der Waals surface area (Å²) in [5.74, 6) is -0.591. The number of carbonyl (C=O) groups excluding carboxylic acids is 2. The molecule has 8 aromatic rings. The number of phenols is 4. The van der Waals surface area contributed by atoms with Crippen LogP contribution in [0.4, 0.5) is 0 Å². The highest BCUT2D eigenvalue weighted by Gasteiger charge is 2.27. The van der Waals surface area contributed by atoms with E-state index in [4.69, 9.17) is 17.7 Å². The molecule has 0 unspecified atom stereocenters. The van der Waals surface area contributed by atoms with Crippen LogP contribution in [-0.4, -0.2) is 130 Å². The number of nitrogens with zero attached hydrogens (tertiary/aromatic N) is 8. The van der Waals surface area contributed by atoms with Gasteiger partial charge < -0.3 is 47.9 Å². The van der Waals surface area contributed by atoms with Crippen molar-refractivity contribution in [2.45, 2.75) is 130 Å². The van der Waals surface area contributed by atoms with Crippen LogP contribution >= 0.6 is 0 Å². The Bertz CT molecular complexity index is 4590. The number of hydrazone groups is 4. The molecule has 0 spiro atoms. The number of hydrogen-bond donors (Lipinski definition) is 6. The van der Waals surface area contributed by atoms with E-state index in [1.807, 2.05) is 36.2 Å². The lowest BCUT2D eigenvalue weighted by molar-refractivity contribution is -0.119. The number of hydrogen-bond acceptors (Lipinski definition) is 22. The van der Waals surface area contributed by atoms with Crippen LogP contribution in [-0.2, 0) is 61.2 Å². The van der Waals surface area contributed by atoms with Gasteiger partial charge in [0.25, 0.3) is 0 Å². The maximum Gasteiger partial charge on any atom is 0.341 e. The molecule has 4 aliphatic heterocycles. The Hall–Kier alpha value is -9.94. The molecule has 4 aromatic carbocycles. The molecule has 2 fully saturated rings. The van der Waals surface area contributed by atoms with Gasteiger partial charge in [-0.1, -0.05) is 0 Å². The minimum atomic E-state index is -0.404. The maximum atomic E-state index is 12.5. The fraction of sp³-hybridized carbons (Fsp3) is 0.400. The van der Waals surface area contributed by atoms with E-state index in [9.17, 15) is 49.2 Å². The first-order valence-electron chi connectivity index (χ1n) is 32.2. The third kappa shape index (κ3) is 14.6. The predicted octanol–water partition coefficient (Wildman–Crippen LogP) is 8.31. The van der Waals surface area contributed by atoms with E-state index in [-0.39, 0.29) is 68.4 Å². The fourth-order valence-electron chi connectivity index (χ4n) is 13.1. The van der Waals surface area contributed by atoms with Crippen molar-refractivity contribution in [3.8, 4) is 23.0 Å². The summed E-state index contributed by atoms with van der Waals surface area (Å²) in [5, 5.41) is 64.5. The second kappa shape index (κ2) is 29.3. The number of fused-ring (bicyclic) bond motifs is 12. The SMILES string of the molecule is CC(=O)N/N=C/c1c(O)ccc2c3c(c(=O)oc12)CCCC3.CC(=O)N/N=C/c1c(O)ccc2c3c(c(=O)oc12)CN(C)CC3.CN1CCc2c(c(=O)oc3c(/C=N/N4CCCCC4)c(O)ccc23)C1.O=c1oc2c(/C=N/N3CCCCC3)c(O)ccc2c2c1CCCC2. The third-order valence-corrected chi connectivity index (χ3v) is 18.0. The number of nitrogens with one attached hydrogen (secondary N) is 2. The van der Waals surface area contributed by atoms with Crippen LogP contribution in [0.2, 0.25) is 0 Å². The molecule has 14 rings (SSSR count). The number of benzene rings is 4. The van der Waals surface area contributed by atoms with Crippen LogP contribution in [0, 0.1) is 0 Å². The standard InChI is InChI=1S/C19H23N3O3.C19H22N2O3.C16H17N3O4.C16H16N2O4/c1-21-10-7-13-14-5-6-17(23)15(11-20-22-8-3-2-4-9-22)18(14)25-19(24)16(13)12-21;22-17-9-8-14-13-6-2-3-7-15(13)19(23)24-18(14)16(17)12-20-21-10-4-1-5-11-21;1-9(20)18-17-7-12-14(21)4-3-11-10-5-6-19(2)8-13(10)16(22)23-15(11)12;1-9(19)18-17-8-13-14(20)7-6-11-10-4-2-3-5-12(10)16(21)22-15(11)13/h5-6,11,23H,2-4,7-10,12H2,1H3;8-9,12,22H,1-7,10-11H2;3-4,7,21H,5-6,8H2,1-2H3,(H,18,20);6-8,20H,2-5H2,1H3,(H,18,19)/b20-11+;20-12+;17-7+;17-8+. The summed E-state index contributed by atoms with van der Waals surface area (Å²) < 4.78 is 22.0. The first-order chi connectivity index (χ1) is 45.4. The average Bonchev–Trinajstić information content (AvgIpc) is 0.793. The van der Waals surface area contributed by atoms with Gasteiger partial charge >= 0.3 is 22.5 Å². The summed E-state index contributed by atoms with van der Waals surface area (Å²) in [6, 6.07) is 13.6. The molecule has 4 aromatic heterocycles. The average molecular weight is 1280 g/mol. The van der Waals surface area contributed by atoms with Gasteiger partial charge in [-0.2, -0.15) is 20.4 Å². The van der Waals surface area contributed by atoms with E-state index in [2.05, 4.69) is 41.1 Å². The van der Waals surface area contributed by atoms with Crippen molar-refractivity contribution in [2.75, 3.05) is 53.4 Å². The fourth-order valence-corrected chi connectivity index (χ4v) is 13.1. The topological polar surface area (TPSA) is 322 Å². The summed E-state index contributed by atoms with van der Waals surface area (Å²) >= 11 is 0. The molecule has 0 atom stereocenters. The summed E-state index contributed by atoms with van der Waals surface area (Å²) in [7, 11) is 3.95. The number of carbonyl (C=O) groups is 2. The molecule has 6 aliphatic rings. The number of likely N-dealkylation sites (N-methyl/N-ethyl adjacent to an activating group) is 2. The van der Waals surface area contributed by atoms with Gasteiger partial charge in [-0.15, -0.1) is 0 Å². The van der Waals surface area contributed by atoms with E-state index in [1.54, 1.807) is 42.8 Å². The summed E-state index contributed by atoms with van der Waals surface area (Å²) in [5.41, 5.74) is 13.2. The molecule has 2 aliphatic carbocycles. The van der Waals surface area contributed by atoms with Crippen molar-refractivity contribution >= 4 is 80.5 Å². The van der Waals surface area contributed by atoms with Crippen molar-refractivity contribution in [1.29, 1.82) is 0 Å². The van der Waals surface area contributed by atoms with Crippen molar-refractivity contribution < 1.29 is 47.7 Å². The van der Waals surface area contributed by atoms with E-state index in [1.165, 1.54) is 45.2 Å². The molecule has 0 bridgehead atoms. The van der Waals surface area contributed by atoms with Crippen molar-refractivity contribution in [3.63, 3.8) is 0 Å². The molecule has 24 heteroatoms. The molecule has 6 N–H and O–H groups in total. The molecule has 492 valence electrons. The van der Waals surface area contributed by atoms with Gasteiger partial charge in [-0.25, -0.2) is 30.0 Å². The zero-order valence-corrected chi connectivity index (χ0v) is 53.3. The molecule has 94 heavy (non-hydrogen) atoms. The van der Waals surface area contributed by atoms with Crippen LogP contribution in [0.15, 0.2) is 106 Å². The van der Waals surface area contributed by atoms with E-state index in [0.29, 0.717) is 46.5 Å². The first-order valence-corrected chi connectivity index (χ1v) is 32.2. The molecular formula is C70H78N10O14. The van der Waals surface area contributed by atoms with E-state index < -0.39 is 5.63 Å². The lowest BCUT2D eigenvalue weighted by Crippen LogP contribution is -2.31. The first kappa shape index (κ1) is 65.5. The van der Waals surface area contributed by atoms with Crippen LogP contribution in [0.25, 0.3) is 43.9 Å². The van der Waals surface area contributed by atoms with Gasteiger partial charge in [0, 0.05) is 98.9 Å². The van der Waals surface area contributed by atoms with Crippen LogP contribution in [0.1, 0.15) is 145 Å². The predicted molar refractivity (Wildman–Crippen MR) is 359 cm³/mol. The third-order valence-electron chi connectivity index (χ3n) is 18.0. The molecular weight excluding hydrogens is 1200 g/mol. The van der Waals surface area contributed by atoms with Crippen LogP contribution < -0.4 is 33.4 Å². The van der Waals surface area contributed by atoms with Crippen LogP contribution in [0.5, 0.6) is 23.0 Å². The highest BCUT2D eigenvalue weighted by Crippen LogP contribution is 2.36. The summed E-state index contributed by atoms with van der Waals surface area (Å²) in [4.78, 5) is 75.2. The van der Waals surface area contributed by atoms with Gasteiger partial charge in [0.15, 0.2) is 22.3 Å². The molecule has 0 saturated carbocycles. The Morgan fingerprint density at radius 1 is 0.383 bits per heavy atom. The number of aromatic hydroxyl groups is 4. The smallest absolute Gasteiger partial charge is 0.341 e. The van der Waals surface area contributed by atoms with Gasteiger partial charge in [0.2, 0.25) is 11.8 Å². The van der Waals surface area contributed by atoms with Gasteiger partial charge in [0.05, 0.1) is 58.2 Å². The molecule has 2 saturated heterocycles. The summed E-state index contributed by atoms with van der Waals surface area (Å²) in [6.07, 6.45) is 21.8. The number of amides is 2. The highest BCUT2D eigenvalue weighted by molar-refractivity contribution is 6.03. The Labute approximate surface area is 540 Å². The quantitative estimate of drug-likeness (QED) is 0.0473. The summed E-state index contributed by atoms with van der Waals surface area (Å²) in [6.45, 7) is 9.27. The molecule has 24 nitrogen and oxygen atoms in total. The van der Waals surface area contributed by atoms with Gasteiger partial charge in [-0.3, -0.25) is 19.6 Å². The van der Waals surface area contributed by atoms with Crippen LogP contribution in [0.3, 0.4) is 0 Å². The Balaban J connectivity index is 0.000000128. The molecule has 0 radical (unpaired) electrons. The second-order valence-electron chi connectivity index (χ2n) is 24.6. The number of piperidine rings is 2. The van der Waals surface area contributed by atoms with Crippen molar-refractivity contribution in [1.82, 2.24) is 30.7 Å². The van der Waals surface area contributed by atoms with Gasteiger partial charge in [-0.05, 0) is 188 Å².